The first-order valence-electron chi connectivity index (χ1n) is 8.80. The van der Waals surface area contributed by atoms with E-state index in [1.54, 1.807) is 0 Å². The lowest BCUT2D eigenvalue weighted by atomic mass is 9.94. The summed E-state index contributed by atoms with van der Waals surface area (Å²) in [7, 11) is 0. The number of benzene rings is 2. The minimum Gasteiger partial charge on any atom is -0.378 e. The number of carbonyl (C=O) groups is 1. The molecule has 3 rings (SSSR count). The number of carbonyl (C=O) groups excluding carboxylic acids is 1. The Bertz CT molecular complexity index is 756. The van der Waals surface area contributed by atoms with Gasteiger partial charge in [0, 0.05) is 19.1 Å². The quantitative estimate of drug-likeness (QED) is 0.719. The number of rotatable bonds is 5. The highest BCUT2D eigenvalue weighted by molar-refractivity contribution is 6.34. The van der Waals surface area contributed by atoms with Gasteiger partial charge in [-0.1, -0.05) is 54.9 Å². The van der Waals surface area contributed by atoms with Crippen LogP contribution in [0, 0.1) is 5.92 Å². The van der Waals surface area contributed by atoms with Crippen LogP contribution in [0.3, 0.4) is 0 Å². The number of hydrogen-bond donors (Lipinski definition) is 2. The Morgan fingerprint density at radius 3 is 2.39 bits per heavy atom. The summed E-state index contributed by atoms with van der Waals surface area (Å²) in [5.74, 6) is -0.507. The SMILES string of the molecule is CC(C(=O)Nc1cccc(Cl)c1N1CCOCC1)C(N)c1ccccc1.Cl.Cl. The van der Waals surface area contributed by atoms with Gasteiger partial charge in [0.2, 0.25) is 5.91 Å². The van der Waals surface area contributed by atoms with Crippen molar-refractivity contribution in [2.45, 2.75) is 13.0 Å². The molecule has 2 unspecified atom stereocenters. The van der Waals surface area contributed by atoms with E-state index in [1.807, 2.05) is 55.5 Å². The molecule has 1 heterocycles. The van der Waals surface area contributed by atoms with Crippen molar-refractivity contribution in [3.8, 4) is 0 Å². The number of amides is 1. The lowest BCUT2D eigenvalue weighted by molar-refractivity contribution is -0.120. The van der Waals surface area contributed by atoms with E-state index in [0.29, 0.717) is 23.9 Å². The first kappa shape index (κ1) is 24.5. The maximum Gasteiger partial charge on any atom is 0.229 e. The molecule has 1 fully saturated rings. The van der Waals surface area contributed by atoms with E-state index in [-0.39, 0.29) is 42.7 Å². The predicted molar refractivity (Wildman–Crippen MR) is 120 cm³/mol. The number of ether oxygens (including phenoxy) is 1. The minimum absolute atomic E-state index is 0. The fraction of sp³-hybridized carbons (Fsp3) is 0.350. The molecule has 0 saturated carbocycles. The van der Waals surface area contributed by atoms with Crippen LogP contribution in [0.25, 0.3) is 0 Å². The Morgan fingerprint density at radius 2 is 1.75 bits per heavy atom. The maximum atomic E-state index is 12.8. The Labute approximate surface area is 183 Å². The van der Waals surface area contributed by atoms with Crippen LogP contribution in [0.4, 0.5) is 11.4 Å². The van der Waals surface area contributed by atoms with Crippen molar-refractivity contribution in [3.05, 3.63) is 59.1 Å². The van der Waals surface area contributed by atoms with E-state index in [4.69, 9.17) is 22.1 Å². The van der Waals surface area contributed by atoms with Crippen LogP contribution in [0.1, 0.15) is 18.5 Å². The van der Waals surface area contributed by atoms with Gasteiger partial charge in [-0.3, -0.25) is 4.79 Å². The van der Waals surface area contributed by atoms with E-state index in [9.17, 15) is 4.79 Å². The number of morpholine rings is 1. The van der Waals surface area contributed by atoms with Crippen molar-refractivity contribution in [2.75, 3.05) is 36.5 Å². The number of anilines is 2. The van der Waals surface area contributed by atoms with Gasteiger partial charge in [-0.2, -0.15) is 0 Å². The summed E-state index contributed by atoms with van der Waals surface area (Å²) in [6.45, 7) is 4.62. The Morgan fingerprint density at radius 1 is 1.11 bits per heavy atom. The van der Waals surface area contributed by atoms with E-state index >= 15 is 0 Å². The lowest BCUT2D eigenvalue weighted by Crippen LogP contribution is -2.37. The highest BCUT2D eigenvalue weighted by Gasteiger charge is 2.24. The van der Waals surface area contributed by atoms with Crippen LogP contribution >= 0.6 is 36.4 Å². The maximum absolute atomic E-state index is 12.8. The molecule has 2 atom stereocenters. The fourth-order valence-electron chi connectivity index (χ4n) is 3.10. The topological polar surface area (TPSA) is 67.6 Å². The van der Waals surface area contributed by atoms with Gasteiger partial charge in [0.05, 0.1) is 35.5 Å². The third-order valence-corrected chi connectivity index (χ3v) is 5.01. The molecule has 0 spiro atoms. The number of hydrogen-bond acceptors (Lipinski definition) is 4. The smallest absolute Gasteiger partial charge is 0.229 e. The highest BCUT2D eigenvalue weighted by atomic mass is 35.5. The molecular formula is C20H26Cl3N3O2. The lowest BCUT2D eigenvalue weighted by Gasteiger charge is -2.31. The molecule has 28 heavy (non-hydrogen) atoms. The number of halogens is 3. The number of nitrogens with one attached hydrogen (secondary N) is 1. The summed E-state index contributed by atoms with van der Waals surface area (Å²) >= 11 is 6.43. The zero-order chi connectivity index (χ0) is 18.5. The summed E-state index contributed by atoms with van der Waals surface area (Å²) < 4.78 is 5.41. The van der Waals surface area contributed by atoms with Gasteiger partial charge in [-0.25, -0.2) is 0 Å². The van der Waals surface area contributed by atoms with Crippen LogP contribution in [0.2, 0.25) is 5.02 Å². The Hall–Kier alpha value is -1.50. The van der Waals surface area contributed by atoms with E-state index in [0.717, 1.165) is 24.3 Å². The molecular weight excluding hydrogens is 421 g/mol. The van der Waals surface area contributed by atoms with Crippen LogP contribution in [0.15, 0.2) is 48.5 Å². The first-order chi connectivity index (χ1) is 12.6. The normalized spacial score (nSPS) is 15.6. The van der Waals surface area contributed by atoms with Crippen molar-refractivity contribution < 1.29 is 9.53 Å². The van der Waals surface area contributed by atoms with Crippen LogP contribution in [-0.4, -0.2) is 32.2 Å². The first-order valence-corrected chi connectivity index (χ1v) is 9.18. The molecule has 0 bridgehead atoms. The molecule has 5 nitrogen and oxygen atoms in total. The molecule has 1 saturated heterocycles. The van der Waals surface area contributed by atoms with Crippen LogP contribution in [-0.2, 0) is 9.53 Å². The summed E-state index contributed by atoms with van der Waals surface area (Å²) in [4.78, 5) is 14.9. The largest absolute Gasteiger partial charge is 0.378 e. The van der Waals surface area contributed by atoms with Gasteiger partial charge in [-0.15, -0.1) is 24.8 Å². The number of nitrogens with two attached hydrogens (primary N) is 1. The molecule has 0 radical (unpaired) electrons. The van der Waals surface area contributed by atoms with Crippen molar-refractivity contribution >= 4 is 53.7 Å². The molecule has 0 aromatic heterocycles. The molecule has 2 aromatic carbocycles. The van der Waals surface area contributed by atoms with Crippen molar-refractivity contribution in [3.63, 3.8) is 0 Å². The highest BCUT2D eigenvalue weighted by Crippen LogP contribution is 2.35. The third kappa shape index (κ3) is 5.75. The second kappa shape index (κ2) is 11.5. The fourth-order valence-corrected chi connectivity index (χ4v) is 3.39. The monoisotopic (exact) mass is 445 g/mol. The average Bonchev–Trinajstić information content (AvgIpc) is 2.68. The zero-order valence-electron chi connectivity index (χ0n) is 15.6. The molecule has 1 amide bonds. The van der Waals surface area contributed by atoms with E-state index < -0.39 is 0 Å². The molecule has 3 N–H and O–H groups in total. The van der Waals surface area contributed by atoms with Crippen molar-refractivity contribution in [1.29, 1.82) is 0 Å². The predicted octanol–water partition coefficient (Wildman–Crippen LogP) is 4.29. The second-order valence-electron chi connectivity index (χ2n) is 6.45. The van der Waals surface area contributed by atoms with Gasteiger partial charge in [0.15, 0.2) is 0 Å². The standard InChI is InChI=1S/C20H24ClN3O2.2ClH/c1-14(18(22)15-6-3-2-4-7-15)20(25)23-17-9-5-8-16(21)19(17)24-10-12-26-13-11-24;;/h2-9,14,18H,10-13,22H2,1H3,(H,23,25);2*1H. The summed E-state index contributed by atoms with van der Waals surface area (Å²) in [5, 5.41) is 3.63. The number of para-hydroxylation sites is 1. The average molecular weight is 447 g/mol. The Balaban J connectivity index is 0.00000196. The molecule has 1 aliphatic rings. The third-order valence-electron chi connectivity index (χ3n) is 4.71. The van der Waals surface area contributed by atoms with Crippen LogP contribution < -0.4 is 16.0 Å². The minimum atomic E-state index is -0.381. The van der Waals surface area contributed by atoms with Gasteiger partial charge in [-0.05, 0) is 17.7 Å². The summed E-state index contributed by atoms with van der Waals surface area (Å²) in [6.07, 6.45) is 0. The summed E-state index contributed by atoms with van der Waals surface area (Å²) in [6, 6.07) is 14.8. The van der Waals surface area contributed by atoms with Crippen LogP contribution in [0.5, 0.6) is 0 Å². The van der Waals surface area contributed by atoms with Crippen molar-refractivity contribution in [1.82, 2.24) is 0 Å². The van der Waals surface area contributed by atoms with Gasteiger partial charge in [0.1, 0.15) is 0 Å². The molecule has 154 valence electrons. The molecule has 1 aliphatic heterocycles. The Kier molecular flexibility index (Phi) is 10.1. The van der Waals surface area contributed by atoms with Gasteiger partial charge in [0.25, 0.3) is 0 Å². The zero-order valence-corrected chi connectivity index (χ0v) is 18.0. The van der Waals surface area contributed by atoms with Gasteiger partial charge >= 0.3 is 0 Å². The van der Waals surface area contributed by atoms with Crippen molar-refractivity contribution in [2.24, 2.45) is 11.7 Å². The van der Waals surface area contributed by atoms with E-state index in [1.165, 1.54) is 0 Å². The number of nitrogens with zero attached hydrogens (tertiary/aromatic N) is 1. The van der Waals surface area contributed by atoms with Gasteiger partial charge < -0.3 is 20.7 Å². The molecule has 2 aromatic rings. The van der Waals surface area contributed by atoms with E-state index in [2.05, 4.69) is 10.2 Å². The molecule has 8 heteroatoms. The molecule has 0 aliphatic carbocycles. The summed E-state index contributed by atoms with van der Waals surface area (Å²) in [5.41, 5.74) is 8.77. The second-order valence-corrected chi connectivity index (χ2v) is 6.86.